The fourth-order valence-electron chi connectivity index (χ4n) is 3.05. The first-order chi connectivity index (χ1) is 14.2. The third kappa shape index (κ3) is 5.89. The first-order valence-corrected chi connectivity index (χ1v) is 11.2. The van der Waals surface area contributed by atoms with Gasteiger partial charge in [0.05, 0.1) is 38.0 Å². The van der Waals surface area contributed by atoms with Crippen LogP contribution in [0.2, 0.25) is 0 Å². The smallest absolute Gasteiger partial charge is 0.221 e. The molecule has 7 nitrogen and oxygen atoms in total. The maximum atomic E-state index is 12.7. The minimum Gasteiger partial charge on any atom is -0.497 e. The van der Waals surface area contributed by atoms with Gasteiger partial charge >= 0.3 is 0 Å². The zero-order valence-electron chi connectivity index (χ0n) is 18.0. The monoisotopic (exact) mass is 435 g/mol. The van der Waals surface area contributed by atoms with Crippen molar-refractivity contribution in [3.63, 3.8) is 0 Å². The van der Waals surface area contributed by atoms with Crippen LogP contribution in [0.1, 0.15) is 31.9 Å². The van der Waals surface area contributed by atoms with E-state index in [2.05, 4.69) is 5.32 Å². The number of methoxy groups -OCH3 is 3. The molecule has 0 saturated heterocycles. The molecule has 0 spiro atoms. The molecule has 0 saturated carbocycles. The molecule has 8 heteroatoms. The van der Waals surface area contributed by atoms with Gasteiger partial charge in [-0.05, 0) is 35.7 Å². The molecule has 1 amide bonds. The number of nitrogens with one attached hydrogen (secondary N) is 1. The highest BCUT2D eigenvalue weighted by Crippen LogP contribution is 2.30. The van der Waals surface area contributed by atoms with E-state index in [0.717, 1.165) is 11.3 Å². The Morgan fingerprint density at radius 3 is 2.10 bits per heavy atom. The van der Waals surface area contributed by atoms with Crippen LogP contribution in [0.25, 0.3) is 0 Å². The Morgan fingerprint density at radius 2 is 1.57 bits per heavy atom. The molecule has 0 fully saturated rings. The van der Waals surface area contributed by atoms with Crippen LogP contribution in [0, 0.1) is 5.92 Å². The summed E-state index contributed by atoms with van der Waals surface area (Å²) in [7, 11) is 0.851. The van der Waals surface area contributed by atoms with E-state index in [0.29, 0.717) is 11.5 Å². The van der Waals surface area contributed by atoms with E-state index in [1.165, 1.54) is 32.4 Å². The number of carbonyl (C=O) groups excluding carboxylic acids is 1. The molecule has 0 aliphatic carbocycles. The summed E-state index contributed by atoms with van der Waals surface area (Å²) in [4.78, 5) is 12.6. The van der Waals surface area contributed by atoms with E-state index in [1.54, 1.807) is 7.11 Å². The van der Waals surface area contributed by atoms with Crippen molar-refractivity contribution < 1.29 is 27.4 Å². The number of sulfone groups is 1. The summed E-state index contributed by atoms with van der Waals surface area (Å²) >= 11 is 0. The molecule has 0 unspecified atom stereocenters. The van der Waals surface area contributed by atoms with Crippen molar-refractivity contribution in [1.29, 1.82) is 0 Å². The van der Waals surface area contributed by atoms with Gasteiger partial charge in [-0.3, -0.25) is 4.79 Å². The lowest BCUT2D eigenvalue weighted by Gasteiger charge is -2.23. The molecule has 2 rings (SSSR count). The van der Waals surface area contributed by atoms with Gasteiger partial charge in [0.15, 0.2) is 21.3 Å². The number of hydrogen-bond donors (Lipinski definition) is 1. The quantitative estimate of drug-likeness (QED) is 0.615. The summed E-state index contributed by atoms with van der Waals surface area (Å²) in [5.74, 6) is 0.990. The van der Waals surface area contributed by atoms with E-state index in [4.69, 9.17) is 14.2 Å². The largest absolute Gasteiger partial charge is 0.497 e. The summed E-state index contributed by atoms with van der Waals surface area (Å²) in [6.45, 7) is 3.99. The number of hydrogen-bond acceptors (Lipinski definition) is 6. The Morgan fingerprint density at radius 1 is 0.933 bits per heavy atom. The topological polar surface area (TPSA) is 90.9 Å². The minimum atomic E-state index is -3.66. The number of carbonyl (C=O) groups is 1. The predicted octanol–water partition coefficient (Wildman–Crippen LogP) is 3.39. The zero-order chi connectivity index (χ0) is 22.3. The molecule has 0 bridgehead atoms. The van der Waals surface area contributed by atoms with Crippen molar-refractivity contribution in [3.8, 4) is 17.2 Å². The Bertz CT molecular complexity index is 954. The van der Waals surface area contributed by atoms with Gasteiger partial charge in [0, 0.05) is 12.5 Å². The predicted molar refractivity (Wildman–Crippen MR) is 115 cm³/mol. The van der Waals surface area contributed by atoms with Crippen LogP contribution in [0.15, 0.2) is 47.4 Å². The van der Waals surface area contributed by atoms with E-state index in [9.17, 15) is 13.2 Å². The molecule has 0 heterocycles. The first-order valence-electron chi connectivity index (χ1n) is 9.60. The van der Waals surface area contributed by atoms with E-state index < -0.39 is 9.84 Å². The second-order valence-electron chi connectivity index (χ2n) is 7.15. The van der Waals surface area contributed by atoms with Crippen LogP contribution in [0.4, 0.5) is 0 Å². The highest BCUT2D eigenvalue weighted by atomic mass is 32.2. The Balaban J connectivity index is 2.07. The second-order valence-corrected chi connectivity index (χ2v) is 9.26. The summed E-state index contributed by atoms with van der Waals surface area (Å²) in [5, 5.41) is 2.95. The van der Waals surface area contributed by atoms with E-state index in [1.807, 2.05) is 38.1 Å². The molecular formula is C22H29NO6S. The average molecular weight is 436 g/mol. The van der Waals surface area contributed by atoms with Crippen molar-refractivity contribution >= 4 is 15.7 Å². The van der Waals surface area contributed by atoms with Gasteiger partial charge in [-0.1, -0.05) is 26.0 Å². The summed E-state index contributed by atoms with van der Waals surface area (Å²) in [6.07, 6.45) is -0.143. The minimum absolute atomic E-state index is 0.0866. The number of amides is 1. The van der Waals surface area contributed by atoms with Crippen LogP contribution in [-0.2, 0) is 14.6 Å². The van der Waals surface area contributed by atoms with Crippen molar-refractivity contribution in [2.45, 2.75) is 31.2 Å². The second kappa shape index (κ2) is 10.3. The normalized spacial score (nSPS) is 12.3. The SMILES string of the molecule is COc1ccc([C@H](NC(=O)CCS(=O)(=O)c2ccc(OC)c(OC)c2)C(C)C)cc1. The van der Waals surface area contributed by atoms with E-state index >= 15 is 0 Å². The highest BCUT2D eigenvalue weighted by molar-refractivity contribution is 7.91. The molecule has 30 heavy (non-hydrogen) atoms. The molecule has 164 valence electrons. The van der Waals surface area contributed by atoms with Crippen LogP contribution in [0.5, 0.6) is 17.2 Å². The lowest BCUT2D eigenvalue weighted by molar-refractivity contribution is -0.121. The molecule has 2 aromatic rings. The van der Waals surface area contributed by atoms with E-state index in [-0.39, 0.29) is 34.9 Å². The van der Waals surface area contributed by atoms with Gasteiger partial charge < -0.3 is 19.5 Å². The van der Waals surface area contributed by atoms with Gasteiger partial charge in [0.25, 0.3) is 0 Å². The van der Waals surface area contributed by atoms with Gasteiger partial charge in [-0.15, -0.1) is 0 Å². The van der Waals surface area contributed by atoms with Crippen LogP contribution >= 0.6 is 0 Å². The molecule has 1 N–H and O–H groups in total. The van der Waals surface area contributed by atoms with Crippen LogP contribution in [-0.4, -0.2) is 41.4 Å². The lowest BCUT2D eigenvalue weighted by atomic mass is 9.96. The molecule has 1 atom stereocenters. The fourth-order valence-corrected chi connectivity index (χ4v) is 4.30. The fraction of sp³-hybridized carbons (Fsp3) is 0.409. The van der Waals surface area contributed by atoms with Crippen LogP contribution in [0.3, 0.4) is 0 Å². The molecule has 0 aliphatic rings. The van der Waals surface area contributed by atoms with Crippen LogP contribution < -0.4 is 19.5 Å². The number of ether oxygens (including phenoxy) is 3. The Labute approximate surface area is 178 Å². The van der Waals surface area contributed by atoms with Gasteiger partial charge in [-0.25, -0.2) is 8.42 Å². The standard InChI is InChI=1S/C22H29NO6S/c1-15(2)22(16-6-8-17(27-3)9-7-16)23-21(24)12-13-30(25,26)18-10-11-19(28-4)20(14-18)29-5/h6-11,14-15,22H,12-13H2,1-5H3,(H,23,24)/t22-/m1/s1. The molecule has 0 aliphatic heterocycles. The van der Waals surface area contributed by atoms with Gasteiger partial charge in [-0.2, -0.15) is 0 Å². The summed E-state index contributed by atoms with van der Waals surface area (Å²) in [6, 6.07) is 11.6. The van der Waals surface area contributed by atoms with Crippen molar-refractivity contribution in [1.82, 2.24) is 5.32 Å². The van der Waals surface area contributed by atoms with Gasteiger partial charge in [0.2, 0.25) is 5.91 Å². The number of benzene rings is 2. The van der Waals surface area contributed by atoms with Crippen molar-refractivity contribution in [2.24, 2.45) is 5.92 Å². The third-order valence-corrected chi connectivity index (χ3v) is 6.48. The molecule has 2 aromatic carbocycles. The Kier molecular flexibility index (Phi) is 8.11. The Hall–Kier alpha value is -2.74. The highest BCUT2D eigenvalue weighted by Gasteiger charge is 2.22. The first kappa shape index (κ1) is 23.5. The molecule has 0 radical (unpaired) electrons. The molecular weight excluding hydrogens is 406 g/mol. The number of rotatable bonds is 10. The van der Waals surface area contributed by atoms with Gasteiger partial charge in [0.1, 0.15) is 5.75 Å². The maximum Gasteiger partial charge on any atom is 0.221 e. The molecule has 0 aromatic heterocycles. The average Bonchev–Trinajstić information content (AvgIpc) is 2.75. The maximum absolute atomic E-state index is 12.7. The third-order valence-electron chi connectivity index (χ3n) is 4.77. The van der Waals surface area contributed by atoms with Crippen molar-refractivity contribution in [3.05, 3.63) is 48.0 Å². The van der Waals surface area contributed by atoms with Crippen molar-refractivity contribution in [2.75, 3.05) is 27.1 Å². The lowest BCUT2D eigenvalue weighted by Crippen LogP contribution is -2.32. The summed E-state index contributed by atoms with van der Waals surface area (Å²) in [5.41, 5.74) is 0.932. The zero-order valence-corrected chi connectivity index (χ0v) is 18.8. The summed E-state index contributed by atoms with van der Waals surface area (Å²) < 4.78 is 40.8.